The summed E-state index contributed by atoms with van der Waals surface area (Å²) in [7, 11) is 0. The Hall–Kier alpha value is -1.08. The molecule has 108 valence electrons. The maximum absolute atomic E-state index is 11.8. The molecule has 6 nitrogen and oxygen atoms in total. The van der Waals surface area contributed by atoms with Gasteiger partial charge in [0.1, 0.15) is 0 Å². The molecule has 0 saturated carbocycles. The third-order valence-electron chi connectivity index (χ3n) is 3.04. The third-order valence-corrected chi connectivity index (χ3v) is 4.25. The van der Waals surface area contributed by atoms with Crippen LogP contribution in [0.1, 0.15) is 20.3 Å². The zero-order chi connectivity index (χ0) is 14.4. The van der Waals surface area contributed by atoms with Gasteiger partial charge in [0.15, 0.2) is 0 Å². The number of rotatable bonds is 7. The molecule has 1 heterocycles. The molecule has 3 amide bonds. The van der Waals surface area contributed by atoms with Gasteiger partial charge in [-0.2, -0.15) is 0 Å². The lowest BCUT2D eigenvalue weighted by molar-refractivity contribution is -0.138. The highest BCUT2D eigenvalue weighted by Crippen LogP contribution is 2.24. The Labute approximate surface area is 117 Å². The van der Waals surface area contributed by atoms with E-state index >= 15 is 0 Å². The van der Waals surface area contributed by atoms with E-state index in [0.29, 0.717) is 25.4 Å². The highest BCUT2D eigenvalue weighted by Gasteiger charge is 2.37. The van der Waals surface area contributed by atoms with Gasteiger partial charge in [-0.25, -0.2) is 0 Å². The lowest BCUT2D eigenvalue weighted by atomic mass is 10.2. The van der Waals surface area contributed by atoms with Crippen LogP contribution in [0.2, 0.25) is 0 Å². The molecule has 0 aromatic heterocycles. The molecule has 0 spiro atoms. The highest BCUT2D eigenvalue weighted by molar-refractivity contribution is 8.00. The first kappa shape index (κ1) is 16.0. The molecule has 7 heteroatoms. The van der Waals surface area contributed by atoms with Gasteiger partial charge in [0.2, 0.25) is 17.7 Å². The number of nitrogens with two attached hydrogens (primary N) is 1. The Morgan fingerprint density at radius 1 is 1.58 bits per heavy atom. The van der Waals surface area contributed by atoms with Crippen molar-refractivity contribution in [2.75, 3.05) is 25.4 Å². The first-order valence-electron chi connectivity index (χ1n) is 6.44. The average Bonchev–Trinajstić information content (AvgIpc) is 2.67. The van der Waals surface area contributed by atoms with Crippen LogP contribution in [0.4, 0.5) is 0 Å². The molecule has 3 N–H and O–H groups in total. The van der Waals surface area contributed by atoms with Crippen LogP contribution >= 0.6 is 11.8 Å². The summed E-state index contributed by atoms with van der Waals surface area (Å²) < 4.78 is 0. The zero-order valence-corrected chi connectivity index (χ0v) is 12.2. The van der Waals surface area contributed by atoms with Crippen LogP contribution in [-0.2, 0) is 14.4 Å². The summed E-state index contributed by atoms with van der Waals surface area (Å²) in [4.78, 5) is 36.1. The molecule has 0 radical (unpaired) electrons. The smallest absolute Gasteiger partial charge is 0.242 e. The molecule has 1 fully saturated rings. The number of carbonyl (C=O) groups is 3. The van der Waals surface area contributed by atoms with E-state index in [1.54, 1.807) is 13.8 Å². The van der Waals surface area contributed by atoms with Crippen LogP contribution < -0.4 is 11.1 Å². The number of thioether (sulfide) groups is 1. The SMILES string of the molecule is CCN1C(=O)CC(SCCNC(=O)C(C)CN)C1=O. The van der Waals surface area contributed by atoms with E-state index in [1.165, 1.54) is 16.7 Å². The molecule has 0 aromatic rings. The Balaban J connectivity index is 2.26. The maximum atomic E-state index is 11.8. The molecule has 1 saturated heterocycles. The van der Waals surface area contributed by atoms with Gasteiger partial charge >= 0.3 is 0 Å². The van der Waals surface area contributed by atoms with Crippen LogP contribution in [0.5, 0.6) is 0 Å². The van der Waals surface area contributed by atoms with E-state index in [1.807, 2.05) is 0 Å². The minimum absolute atomic E-state index is 0.0768. The van der Waals surface area contributed by atoms with Crippen molar-refractivity contribution in [1.82, 2.24) is 10.2 Å². The number of carbonyl (C=O) groups excluding carboxylic acids is 3. The van der Waals surface area contributed by atoms with E-state index in [4.69, 9.17) is 5.73 Å². The van der Waals surface area contributed by atoms with Crippen LogP contribution in [0.15, 0.2) is 0 Å². The molecular weight excluding hydrogens is 266 g/mol. The number of hydrogen-bond donors (Lipinski definition) is 2. The zero-order valence-electron chi connectivity index (χ0n) is 11.3. The fraction of sp³-hybridized carbons (Fsp3) is 0.750. The van der Waals surface area contributed by atoms with Gasteiger partial charge in [0.05, 0.1) is 5.25 Å². The molecule has 1 aliphatic heterocycles. The highest BCUT2D eigenvalue weighted by atomic mass is 32.2. The lowest BCUT2D eigenvalue weighted by Gasteiger charge is -2.12. The number of imide groups is 1. The largest absolute Gasteiger partial charge is 0.355 e. The predicted octanol–water partition coefficient (Wildman–Crippen LogP) is -0.422. The normalized spacial score (nSPS) is 20.8. The van der Waals surface area contributed by atoms with Crippen LogP contribution in [0.3, 0.4) is 0 Å². The number of nitrogens with zero attached hydrogens (tertiary/aromatic N) is 1. The van der Waals surface area contributed by atoms with Crippen molar-refractivity contribution in [1.29, 1.82) is 0 Å². The van der Waals surface area contributed by atoms with Gasteiger partial charge in [0, 0.05) is 37.7 Å². The molecular formula is C12H21N3O3S. The van der Waals surface area contributed by atoms with Crippen molar-refractivity contribution in [2.24, 2.45) is 11.7 Å². The van der Waals surface area contributed by atoms with Gasteiger partial charge in [0.25, 0.3) is 0 Å². The molecule has 2 atom stereocenters. The van der Waals surface area contributed by atoms with Crippen LogP contribution in [0.25, 0.3) is 0 Å². The third kappa shape index (κ3) is 4.21. The minimum Gasteiger partial charge on any atom is -0.355 e. The van der Waals surface area contributed by atoms with E-state index in [0.717, 1.165) is 0 Å². The molecule has 1 rings (SSSR count). The van der Waals surface area contributed by atoms with Crippen molar-refractivity contribution in [2.45, 2.75) is 25.5 Å². The first-order valence-corrected chi connectivity index (χ1v) is 7.49. The quantitative estimate of drug-likeness (QED) is 0.490. The summed E-state index contributed by atoms with van der Waals surface area (Å²) >= 11 is 1.42. The number of hydrogen-bond acceptors (Lipinski definition) is 5. The monoisotopic (exact) mass is 287 g/mol. The maximum Gasteiger partial charge on any atom is 0.242 e. The summed E-state index contributed by atoms with van der Waals surface area (Å²) in [5.41, 5.74) is 5.39. The Kier molecular flexibility index (Phi) is 6.30. The molecule has 0 aliphatic carbocycles. The Morgan fingerprint density at radius 2 is 2.26 bits per heavy atom. The van der Waals surface area contributed by atoms with Gasteiger partial charge in [-0.15, -0.1) is 11.8 Å². The van der Waals surface area contributed by atoms with Crippen molar-refractivity contribution in [3.63, 3.8) is 0 Å². The average molecular weight is 287 g/mol. The van der Waals surface area contributed by atoms with Gasteiger partial charge < -0.3 is 11.1 Å². The molecule has 19 heavy (non-hydrogen) atoms. The van der Waals surface area contributed by atoms with Gasteiger partial charge in [-0.05, 0) is 6.92 Å². The molecule has 1 aliphatic rings. The van der Waals surface area contributed by atoms with Gasteiger partial charge in [-0.3, -0.25) is 19.3 Å². The fourth-order valence-electron chi connectivity index (χ4n) is 1.77. The number of nitrogens with one attached hydrogen (secondary N) is 1. The van der Waals surface area contributed by atoms with Crippen LogP contribution in [0, 0.1) is 5.92 Å². The van der Waals surface area contributed by atoms with Crippen molar-refractivity contribution in [3.05, 3.63) is 0 Å². The van der Waals surface area contributed by atoms with E-state index in [9.17, 15) is 14.4 Å². The Bertz CT molecular complexity index is 362. The fourth-order valence-corrected chi connectivity index (χ4v) is 2.81. The second kappa shape index (κ2) is 7.49. The first-order chi connectivity index (χ1) is 9.01. The van der Waals surface area contributed by atoms with E-state index < -0.39 is 0 Å². The van der Waals surface area contributed by atoms with E-state index in [-0.39, 0.29) is 35.3 Å². The molecule has 0 bridgehead atoms. The lowest BCUT2D eigenvalue weighted by Crippen LogP contribution is -2.35. The summed E-state index contributed by atoms with van der Waals surface area (Å²) in [6, 6.07) is 0. The second-order valence-corrected chi connectivity index (χ2v) is 5.78. The predicted molar refractivity (Wildman–Crippen MR) is 74.5 cm³/mol. The summed E-state index contributed by atoms with van der Waals surface area (Å²) in [5.74, 6) is 0.122. The minimum atomic E-state index is -0.295. The van der Waals surface area contributed by atoms with Crippen molar-refractivity contribution >= 4 is 29.5 Å². The summed E-state index contributed by atoms with van der Waals surface area (Å²) in [6.07, 6.45) is 0.268. The van der Waals surface area contributed by atoms with Gasteiger partial charge in [-0.1, -0.05) is 6.92 Å². The van der Waals surface area contributed by atoms with Crippen molar-refractivity contribution in [3.8, 4) is 0 Å². The Morgan fingerprint density at radius 3 is 2.79 bits per heavy atom. The van der Waals surface area contributed by atoms with Crippen molar-refractivity contribution < 1.29 is 14.4 Å². The summed E-state index contributed by atoms with van der Waals surface area (Å²) in [5, 5.41) is 2.46. The molecule has 2 unspecified atom stereocenters. The number of likely N-dealkylation sites (tertiary alicyclic amines) is 1. The standard InChI is InChI=1S/C12H21N3O3S/c1-3-15-10(16)6-9(12(15)18)19-5-4-14-11(17)8(2)7-13/h8-9H,3-7,13H2,1-2H3,(H,14,17). The summed E-state index contributed by atoms with van der Waals surface area (Å²) in [6.45, 7) is 4.79. The van der Waals surface area contributed by atoms with E-state index in [2.05, 4.69) is 5.32 Å². The van der Waals surface area contributed by atoms with Crippen LogP contribution in [-0.4, -0.2) is 53.3 Å². The number of amides is 3. The topological polar surface area (TPSA) is 92.5 Å². The second-order valence-electron chi connectivity index (χ2n) is 4.47. The molecule has 0 aromatic carbocycles.